The maximum absolute atomic E-state index is 11.8. The predicted molar refractivity (Wildman–Crippen MR) is 145 cm³/mol. The molecule has 186 valence electrons. The van der Waals surface area contributed by atoms with Crippen LogP contribution in [0.4, 0.5) is 16.4 Å². The second kappa shape index (κ2) is 11.0. The Balaban J connectivity index is 1.91. The van der Waals surface area contributed by atoms with Gasteiger partial charge < -0.3 is 15.2 Å². The van der Waals surface area contributed by atoms with E-state index >= 15 is 0 Å². The summed E-state index contributed by atoms with van der Waals surface area (Å²) in [6.45, 7) is 8.46. The predicted octanol–water partition coefficient (Wildman–Crippen LogP) is 8.43. The molecule has 0 spiro atoms. The van der Waals surface area contributed by atoms with Gasteiger partial charge in [0.2, 0.25) is 0 Å². The van der Waals surface area contributed by atoms with E-state index in [9.17, 15) is 20.0 Å². The summed E-state index contributed by atoms with van der Waals surface area (Å²) in [6, 6.07) is 12.6. The van der Waals surface area contributed by atoms with Crippen molar-refractivity contribution in [1.82, 2.24) is 0 Å². The summed E-state index contributed by atoms with van der Waals surface area (Å²) in [6.07, 6.45) is 0.147. The van der Waals surface area contributed by atoms with E-state index in [4.69, 9.17) is 27.9 Å². The number of aryl methyl sites for hydroxylation is 1. The fourth-order valence-corrected chi connectivity index (χ4v) is 5.83. The lowest BCUT2D eigenvalue weighted by Crippen LogP contribution is -2.20. The van der Waals surface area contributed by atoms with Gasteiger partial charge in [0.15, 0.2) is 4.88 Å². The van der Waals surface area contributed by atoms with Crippen LogP contribution in [0.15, 0.2) is 42.5 Å². The number of ether oxygens (including phenoxy) is 1. The number of hydrogen-bond donors (Lipinski definition) is 2. The van der Waals surface area contributed by atoms with Crippen LogP contribution in [0.2, 0.25) is 35.7 Å². The molecule has 2 aromatic carbocycles. The van der Waals surface area contributed by atoms with Gasteiger partial charge in [0.05, 0.1) is 9.92 Å². The lowest BCUT2D eigenvalue weighted by atomic mass is 10.1. The smallest absolute Gasteiger partial charge is 0.349 e. The van der Waals surface area contributed by atoms with Crippen molar-refractivity contribution in [3.63, 3.8) is 0 Å². The molecular formula is C24H26Cl2N2O5SSi. The zero-order valence-electron chi connectivity index (χ0n) is 19.7. The van der Waals surface area contributed by atoms with Crippen LogP contribution in [0.25, 0.3) is 0 Å². The summed E-state index contributed by atoms with van der Waals surface area (Å²) in [5, 5.41) is 25.7. The van der Waals surface area contributed by atoms with Crippen LogP contribution in [-0.2, 0) is 6.42 Å². The molecule has 3 aromatic rings. The maximum atomic E-state index is 11.8. The van der Waals surface area contributed by atoms with Crippen molar-refractivity contribution in [1.29, 1.82) is 0 Å². The average Bonchev–Trinajstić information content (AvgIpc) is 3.14. The van der Waals surface area contributed by atoms with Crippen molar-refractivity contribution < 1.29 is 19.6 Å². The van der Waals surface area contributed by atoms with Gasteiger partial charge in [-0.3, -0.25) is 10.1 Å². The number of nitrogens with one attached hydrogen (secondary N) is 1. The fraction of sp³-hybridized carbons (Fsp3) is 0.292. The number of aromatic carboxylic acids is 1. The number of carboxylic acids is 1. The first-order valence-electron chi connectivity index (χ1n) is 10.9. The van der Waals surface area contributed by atoms with Gasteiger partial charge in [0.1, 0.15) is 17.5 Å². The molecule has 0 saturated heterocycles. The highest BCUT2D eigenvalue weighted by Gasteiger charge is 2.24. The molecule has 7 nitrogen and oxygen atoms in total. The topological polar surface area (TPSA) is 102 Å². The Hall–Kier alpha value is -2.59. The molecule has 0 aliphatic carbocycles. The first-order valence-corrected chi connectivity index (χ1v) is 16.2. The van der Waals surface area contributed by atoms with Crippen LogP contribution in [0.5, 0.6) is 5.75 Å². The number of carboxylic acid groups (broad SMARTS) is 1. The first-order chi connectivity index (χ1) is 16.4. The molecule has 11 heteroatoms. The number of thiophene rings is 1. The van der Waals surface area contributed by atoms with E-state index in [1.807, 2.05) is 6.07 Å². The van der Waals surface area contributed by atoms with Gasteiger partial charge in [-0.25, -0.2) is 4.79 Å². The van der Waals surface area contributed by atoms with E-state index in [0.29, 0.717) is 27.0 Å². The van der Waals surface area contributed by atoms with Gasteiger partial charge in [-0.15, -0.1) is 11.3 Å². The van der Waals surface area contributed by atoms with E-state index in [0.717, 1.165) is 22.9 Å². The van der Waals surface area contributed by atoms with Crippen molar-refractivity contribution in [2.45, 2.75) is 45.1 Å². The van der Waals surface area contributed by atoms with Crippen molar-refractivity contribution in [3.05, 3.63) is 78.6 Å². The number of benzene rings is 2. The lowest BCUT2D eigenvalue weighted by Gasteiger charge is -2.16. The molecule has 1 atom stereocenters. The van der Waals surface area contributed by atoms with Gasteiger partial charge in [-0.2, -0.15) is 0 Å². The van der Waals surface area contributed by atoms with Gasteiger partial charge in [-0.05, 0) is 31.0 Å². The van der Waals surface area contributed by atoms with Crippen molar-refractivity contribution in [3.8, 4) is 5.75 Å². The van der Waals surface area contributed by atoms with Gasteiger partial charge in [-0.1, -0.05) is 67.1 Å². The van der Waals surface area contributed by atoms with Crippen LogP contribution in [0.1, 0.15) is 33.8 Å². The highest BCUT2D eigenvalue weighted by Crippen LogP contribution is 2.41. The van der Waals surface area contributed by atoms with Gasteiger partial charge in [0, 0.05) is 35.8 Å². The number of nitro benzene ring substituents is 1. The SMILES string of the molecule is C[C@@H](Oc1cc(Nc2cc(Cl)c(CC[Si](C)(C)C)cc2[N+](=O)[O-])sc1C(=O)O)c1ccccc1Cl. The number of hydrogen-bond acceptors (Lipinski definition) is 6. The highest BCUT2D eigenvalue weighted by atomic mass is 35.5. The van der Waals surface area contributed by atoms with Crippen molar-refractivity contribution in [2.24, 2.45) is 0 Å². The second-order valence-electron chi connectivity index (χ2n) is 9.29. The van der Waals surface area contributed by atoms with E-state index in [2.05, 4.69) is 25.0 Å². The molecule has 0 aliphatic heterocycles. The fourth-order valence-electron chi connectivity index (χ4n) is 3.42. The largest absolute Gasteiger partial charge is 0.484 e. The third-order valence-corrected chi connectivity index (χ3v) is 8.77. The Morgan fingerprint density at radius 2 is 1.89 bits per heavy atom. The molecule has 0 amide bonds. The van der Waals surface area contributed by atoms with Crippen LogP contribution >= 0.6 is 34.5 Å². The summed E-state index contributed by atoms with van der Waals surface area (Å²) in [4.78, 5) is 23.1. The van der Waals surface area contributed by atoms with Crippen LogP contribution in [0, 0.1) is 10.1 Å². The van der Waals surface area contributed by atoms with Crippen molar-refractivity contribution in [2.75, 3.05) is 5.32 Å². The minimum absolute atomic E-state index is 0.0353. The Kier molecular flexibility index (Phi) is 8.48. The standard InChI is InChI=1S/C24H26Cl2N2O5SSi/c1-14(16-7-5-6-8-17(16)25)33-21-13-22(34-23(21)24(29)30)27-19-12-18(26)15(9-10-35(2,3)4)11-20(19)28(31)32/h5-8,11-14,27H,9-10H2,1-4H3,(H,29,30)/t14-/m1/s1. The van der Waals surface area contributed by atoms with E-state index in [1.54, 1.807) is 25.1 Å². The Morgan fingerprint density at radius 1 is 1.20 bits per heavy atom. The third-order valence-electron chi connectivity index (χ3n) is 5.30. The Bertz CT molecular complexity index is 1260. The zero-order chi connectivity index (χ0) is 25.9. The average molecular weight is 554 g/mol. The van der Waals surface area contributed by atoms with E-state index in [1.165, 1.54) is 18.2 Å². The molecule has 0 unspecified atom stereocenters. The molecule has 3 rings (SSSR count). The second-order valence-corrected chi connectivity index (χ2v) is 16.8. The van der Waals surface area contributed by atoms with Gasteiger partial charge >= 0.3 is 5.97 Å². The number of halogens is 2. The van der Waals surface area contributed by atoms with Crippen LogP contribution in [0.3, 0.4) is 0 Å². The molecule has 2 N–H and O–H groups in total. The summed E-state index contributed by atoms with van der Waals surface area (Å²) >= 11 is 13.6. The van der Waals surface area contributed by atoms with Gasteiger partial charge in [0.25, 0.3) is 5.69 Å². The quantitative estimate of drug-likeness (QED) is 0.148. The number of carbonyl (C=O) groups is 1. The molecule has 0 bridgehead atoms. The van der Waals surface area contributed by atoms with Crippen LogP contribution in [-0.4, -0.2) is 24.1 Å². The highest BCUT2D eigenvalue weighted by molar-refractivity contribution is 7.18. The van der Waals surface area contributed by atoms with Crippen LogP contribution < -0.4 is 10.1 Å². The minimum atomic E-state index is -1.36. The summed E-state index contributed by atoms with van der Waals surface area (Å²) in [5.41, 5.74) is 1.49. The Morgan fingerprint density at radius 3 is 2.49 bits per heavy atom. The molecule has 0 fully saturated rings. The summed E-state index contributed by atoms with van der Waals surface area (Å²) in [5.74, 6) is -1.03. The molecule has 0 saturated carbocycles. The molecular weight excluding hydrogens is 527 g/mol. The van der Waals surface area contributed by atoms with Crippen molar-refractivity contribution >= 4 is 65.0 Å². The molecule has 35 heavy (non-hydrogen) atoms. The lowest BCUT2D eigenvalue weighted by molar-refractivity contribution is -0.384. The monoisotopic (exact) mass is 552 g/mol. The van der Waals surface area contributed by atoms with E-state index in [-0.39, 0.29) is 22.0 Å². The number of rotatable bonds is 10. The molecule has 1 heterocycles. The summed E-state index contributed by atoms with van der Waals surface area (Å²) < 4.78 is 5.93. The number of nitro groups is 1. The first kappa shape index (κ1) is 27.0. The molecule has 0 radical (unpaired) electrons. The number of nitrogens with zero attached hydrogens (tertiary/aromatic N) is 1. The Labute approximate surface area is 218 Å². The normalized spacial score (nSPS) is 12.3. The van der Waals surface area contributed by atoms with E-state index < -0.39 is 25.1 Å². The number of anilines is 2. The zero-order valence-corrected chi connectivity index (χ0v) is 23.1. The maximum Gasteiger partial charge on any atom is 0.349 e. The minimum Gasteiger partial charge on any atom is -0.484 e. The molecule has 1 aromatic heterocycles. The summed E-state index contributed by atoms with van der Waals surface area (Å²) in [7, 11) is -1.36. The molecule has 0 aliphatic rings. The third kappa shape index (κ3) is 6.97.